The molecule has 0 spiro atoms. The number of aliphatic hydroxyl groups excluding tert-OH is 1. The van der Waals surface area contributed by atoms with Gasteiger partial charge in [-0.3, -0.25) is 9.69 Å². The molecule has 1 saturated carbocycles. The third-order valence-corrected chi connectivity index (χ3v) is 4.77. The first-order chi connectivity index (χ1) is 9.58. The number of hydrogen-bond acceptors (Lipinski definition) is 3. The van der Waals surface area contributed by atoms with Crippen LogP contribution in [0.25, 0.3) is 0 Å². The molecular formula is C16H30N2O2. The standard InChI is InChI=1S/C16H30N2O2/c1-13(2)7-8-16(20)18-11-9-17(10-12-18)14-5-3-4-6-15(14)19/h13-15,19H,3-12H2,1-2H3. The van der Waals surface area contributed by atoms with Crippen molar-refractivity contribution in [3.05, 3.63) is 0 Å². The molecule has 2 atom stereocenters. The molecule has 0 aromatic rings. The second kappa shape index (κ2) is 7.41. The number of rotatable bonds is 4. The van der Waals surface area contributed by atoms with Crippen LogP contribution in [0.4, 0.5) is 0 Å². The van der Waals surface area contributed by atoms with E-state index in [2.05, 4.69) is 18.7 Å². The third kappa shape index (κ3) is 4.19. The molecule has 0 radical (unpaired) electrons. The summed E-state index contributed by atoms with van der Waals surface area (Å²) in [5, 5.41) is 10.1. The lowest BCUT2D eigenvalue weighted by Crippen LogP contribution is -2.55. The van der Waals surface area contributed by atoms with Gasteiger partial charge in [-0.15, -0.1) is 0 Å². The van der Waals surface area contributed by atoms with Crippen molar-refractivity contribution in [3.63, 3.8) is 0 Å². The van der Waals surface area contributed by atoms with E-state index in [1.165, 1.54) is 6.42 Å². The summed E-state index contributed by atoms with van der Waals surface area (Å²) in [5.41, 5.74) is 0. The summed E-state index contributed by atoms with van der Waals surface area (Å²) in [6.45, 7) is 7.84. The summed E-state index contributed by atoms with van der Waals surface area (Å²) in [6, 6.07) is 0.330. The van der Waals surface area contributed by atoms with Gasteiger partial charge in [-0.2, -0.15) is 0 Å². The van der Waals surface area contributed by atoms with E-state index in [4.69, 9.17) is 0 Å². The van der Waals surface area contributed by atoms with Gasteiger partial charge in [0.15, 0.2) is 0 Å². The normalized spacial score (nSPS) is 28.9. The molecule has 116 valence electrons. The van der Waals surface area contributed by atoms with E-state index >= 15 is 0 Å². The van der Waals surface area contributed by atoms with E-state index in [1.54, 1.807) is 0 Å². The minimum Gasteiger partial charge on any atom is -0.391 e. The van der Waals surface area contributed by atoms with E-state index in [0.717, 1.165) is 51.9 Å². The van der Waals surface area contributed by atoms with Crippen molar-refractivity contribution in [3.8, 4) is 0 Å². The van der Waals surface area contributed by atoms with Gasteiger partial charge < -0.3 is 10.0 Å². The highest BCUT2D eigenvalue weighted by Gasteiger charge is 2.31. The molecule has 2 fully saturated rings. The first kappa shape index (κ1) is 15.8. The number of aliphatic hydroxyl groups is 1. The minimum atomic E-state index is -0.160. The third-order valence-electron chi connectivity index (χ3n) is 4.77. The van der Waals surface area contributed by atoms with Gasteiger partial charge in [-0.25, -0.2) is 0 Å². The smallest absolute Gasteiger partial charge is 0.222 e. The molecule has 0 aromatic heterocycles. The lowest BCUT2D eigenvalue weighted by Gasteiger charge is -2.42. The molecule has 1 amide bonds. The van der Waals surface area contributed by atoms with Gasteiger partial charge in [0, 0.05) is 38.6 Å². The maximum absolute atomic E-state index is 12.1. The molecule has 2 aliphatic rings. The van der Waals surface area contributed by atoms with Crippen LogP contribution >= 0.6 is 0 Å². The van der Waals surface area contributed by atoms with E-state index in [0.29, 0.717) is 24.3 Å². The monoisotopic (exact) mass is 282 g/mol. The number of carbonyl (C=O) groups is 1. The Morgan fingerprint density at radius 2 is 1.80 bits per heavy atom. The van der Waals surface area contributed by atoms with E-state index in [-0.39, 0.29) is 6.10 Å². The van der Waals surface area contributed by atoms with Crippen LogP contribution < -0.4 is 0 Å². The number of amides is 1. The molecule has 4 nitrogen and oxygen atoms in total. The minimum absolute atomic E-state index is 0.160. The summed E-state index contributed by atoms with van der Waals surface area (Å²) in [5.74, 6) is 0.903. The molecule has 0 aromatic carbocycles. The van der Waals surface area contributed by atoms with Gasteiger partial charge in [0.2, 0.25) is 5.91 Å². The Hall–Kier alpha value is -0.610. The molecule has 20 heavy (non-hydrogen) atoms. The lowest BCUT2D eigenvalue weighted by atomic mass is 9.91. The second-order valence-electron chi connectivity index (χ2n) is 6.77. The van der Waals surface area contributed by atoms with E-state index in [1.807, 2.05) is 4.90 Å². The van der Waals surface area contributed by atoms with Crippen LogP contribution in [0, 0.1) is 5.92 Å². The summed E-state index contributed by atoms with van der Waals surface area (Å²) in [7, 11) is 0. The van der Waals surface area contributed by atoms with Crippen molar-refractivity contribution >= 4 is 5.91 Å². The first-order valence-electron chi connectivity index (χ1n) is 8.28. The first-order valence-corrected chi connectivity index (χ1v) is 8.28. The number of hydrogen-bond donors (Lipinski definition) is 1. The van der Waals surface area contributed by atoms with E-state index in [9.17, 15) is 9.90 Å². The van der Waals surface area contributed by atoms with Crippen molar-refractivity contribution in [2.45, 2.75) is 64.5 Å². The molecule has 0 bridgehead atoms. The molecule has 4 heteroatoms. The highest BCUT2D eigenvalue weighted by atomic mass is 16.3. The Morgan fingerprint density at radius 3 is 2.40 bits per heavy atom. The summed E-state index contributed by atoms with van der Waals surface area (Å²) in [6.07, 6.45) is 5.96. The predicted molar refractivity (Wildman–Crippen MR) is 80.5 cm³/mol. The zero-order chi connectivity index (χ0) is 14.5. The van der Waals surface area contributed by atoms with E-state index < -0.39 is 0 Å². The van der Waals surface area contributed by atoms with Gasteiger partial charge in [-0.05, 0) is 25.2 Å². The van der Waals surface area contributed by atoms with Gasteiger partial charge in [-0.1, -0.05) is 26.7 Å². The van der Waals surface area contributed by atoms with Crippen LogP contribution in [0.3, 0.4) is 0 Å². The fraction of sp³-hybridized carbons (Fsp3) is 0.938. The average molecular weight is 282 g/mol. The number of nitrogens with zero attached hydrogens (tertiary/aromatic N) is 2. The van der Waals surface area contributed by atoms with Gasteiger partial charge in [0.1, 0.15) is 0 Å². The highest BCUT2D eigenvalue weighted by Crippen LogP contribution is 2.24. The maximum atomic E-state index is 12.1. The number of carbonyl (C=O) groups excluding carboxylic acids is 1. The Morgan fingerprint density at radius 1 is 1.15 bits per heavy atom. The fourth-order valence-corrected chi connectivity index (χ4v) is 3.39. The molecular weight excluding hydrogens is 252 g/mol. The Labute approximate surface area is 123 Å². The van der Waals surface area contributed by atoms with Crippen LogP contribution in [0.1, 0.15) is 52.4 Å². The van der Waals surface area contributed by atoms with Gasteiger partial charge >= 0.3 is 0 Å². The van der Waals surface area contributed by atoms with Crippen LogP contribution in [0.2, 0.25) is 0 Å². The van der Waals surface area contributed by atoms with Crippen LogP contribution in [0.15, 0.2) is 0 Å². The van der Waals surface area contributed by atoms with Gasteiger partial charge in [0.25, 0.3) is 0 Å². The molecule has 1 N–H and O–H groups in total. The Kier molecular flexibility index (Phi) is 5.85. The Bertz CT molecular complexity index is 312. The summed E-state index contributed by atoms with van der Waals surface area (Å²) >= 11 is 0. The summed E-state index contributed by atoms with van der Waals surface area (Å²) in [4.78, 5) is 16.5. The molecule has 1 heterocycles. The van der Waals surface area contributed by atoms with Gasteiger partial charge in [0.05, 0.1) is 6.10 Å². The highest BCUT2D eigenvalue weighted by molar-refractivity contribution is 5.76. The van der Waals surface area contributed by atoms with Crippen LogP contribution in [-0.4, -0.2) is 59.1 Å². The van der Waals surface area contributed by atoms with Crippen LogP contribution in [0.5, 0.6) is 0 Å². The predicted octanol–water partition coefficient (Wildman–Crippen LogP) is 1.87. The largest absolute Gasteiger partial charge is 0.391 e. The topological polar surface area (TPSA) is 43.8 Å². The zero-order valence-corrected chi connectivity index (χ0v) is 13.1. The van der Waals surface area contributed by atoms with Crippen molar-refractivity contribution in [1.82, 2.24) is 9.80 Å². The Balaban J connectivity index is 1.75. The molecule has 2 unspecified atom stereocenters. The fourth-order valence-electron chi connectivity index (χ4n) is 3.39. The SMILES string of the molecule is CC(C)CCC(=O)N1CCN(C2CCCCC2O)CC1. The average Bonchev–Trinajstić information content (AvgIpc) is 2.45. The number of piperazine rings is 1. The maximum Gasteiger partial charge on any atom is 0.222 e. The lowest BCUT2D eigenvalue weighted by molar-refractivity contribution is -0.134. The van der Waals surface area contributed by atoms with Crippen LogP contribution in [-0.2, 0) is 4.79 Å². The summed E-state index contributed by atoms with van der Waals surface area (Å²) < 4.78 is 0. The molecule has 1 saturated heterocycles. The van der Waals surface area contributed by atoms with Crippen molar-refractivity contribution in [2.75, 3.05) is 26.2 Å². The molecule has 1 aliphatic heterocycles. The van der Waals surface area contributed by atoms with Crippen molar-refractivity contribution in [1.29, 1.82) is 0 Å². The quantitative estimate of drug-likeness (QED) is 0.856. The molecule has 2 rings (SSSR count). The molecule has 1 aliphatic carbocycles. The second-order valence-corrected chi connectivity index (χ2v) is 6.77. The van der Waals surface area contributed by atoms with Crippen molar-refractivity contribution in [2.24, 2.45) is 5.92 Å². The zero-order valence-electron chi connectivity index (χ0n) is 13.1. The van der Waals surface area contributed by atoms with Crippen molar-refractivity contribution < 1.29 is 9.90 Å².